The van der Waals surface area contributed by atoms with Crippen LogP contribution in [0.15, 0.2) is 45.3 Å². The highest BCUT2D eigenvalue weighted by atomic mass is 79.9. The lowest BCUT2D eigenvalue weighted by Gasteiger charge is -2.21. The molecule has 1 aliphatic rings. The van der Waals surface area contributed by atoms with Crippen molar-refractivity contribution in [2.24, 2.45) is 11.8 Å². The molecule has 0 spiro atoms. The number of ether oxygens (including phenoxy) is 1. The summed E-state index contributed by atoms with van der Waals surface area (Å²) >= 11 is 6.28. The number of benzene rings is 2. The molecule has 1 fully saturated rings. The maximum atomic E-state index is 13.8. The number of aliphatic hydroxyl groups excluding tert-OH is 1. The number of carbonyl (C=O) groups excluding carboxylic acids is 6. The van der Waals surface area contributed by atoms with Crippen LogP contribution in [-0.2, 0) is 42.8 Å². The van der Waals surface area contributed by atoms with Crippen molar-refractivity contribution in [1.29, 1.82) is 0 Å². The van der Waals surface area contributed by atoms with Crippen molar-refractivity contribution >= 4 is 94.1 Å². The number of halogens is 4. The molecule has 1 saturated heterocycles. The highest BCUT2D eigenvalue weighted by Gasteiger charge is 2.46. The van der Waals surface area contributed by atoms with Crippen LogP contribution < -0.4 is 21.3 Å². The summed E-state index contributed by atoms with van der Waals surface area (Å²) in [6.45, 7) is 6.65. The van der Waals surface area contributed by atoms with Gasteiger partial charge in [-0.3, -0.25) is 38.4 Å². The smallest absolute Gasteiger partial charge is 0.506 e. The van der Waals surface area contributed by atoms with Gasteiger partial charge >= 0.3 is 32.1 Å². The highest BCUT2D eigenvalue weighted by Crippen LogP contribution is 2.20. The van der Waals surface area contributed by atoms with Gasteiger partial charge in [0.05, 0.1) is 42.5 Å². The Hall–Kier alpha value is -5.01. The SMILES string of the molecule is CC(C)C[C@H](NC(=O)CNC(=O)c1cc(Br)ccc1F)B(O)O.CC(C)C[C@H](NC(=O)CNC(=O)c1cc(Br)ccc1F)B1OC(=O)[C@@H](CC(=O)O)O1.O=CO[C@@H](O)CC(=O)O. The van der Waals surface area contributed by atoms with Gasteiger partial charge in [-0.15, -0.1) is 0 Å². The van der Waals surface area contributed by atoms with Crippen molar-refractivity contribution < 1.29 is 86.6 Å². The third-order valence-corrected chi connectivity index (χ3v) is 8.70. The summed E-state index contributed by atoms with van der Waals surface area (Å²) in [6, 6.07) is 7.75. The van der Waals surface area contributed by atoms with Crippen molar-refractivity contribution in [2.45, 2.75) is 77.7 Å². The lowest BCUT2D eigenvalue weighted by atomic mass is 9.74. The van der Waals surface area contributed by atoms with E-state index in [-0.39, 0.29) is 29.4 Å². The van der Waals surface area contributed by atoms with Gasteiger partial charge in [0.25, 0.3) is 18.3 Å². The number of carbonyl (C=O) groups is 8. The molecule has 4 atom stereocenters. The topological polar surface area (TPSA) is 314 Å². The molecule has 3 rings (SSSR count). The summed E-state index contributed by atoms with van der Waals surface area (Å²) in [7, 11) is -2.84. The Labute approximate surface area is 371 Å². The fraction of sp³-hybridized carbons (Fsp3) is 0.444. The number of carboxylic acid groups (broad SMARTS) is 2. The average molecular weight is 1010 g/mol. The van der Waals surface area contributed by atoms with E-state index in [9.17, 15) is 57.2 Å². The number of hydrogen-bond acceptors (Lipinski definition) is 14. The molecular weight excluding hydrogens is 964 g/mol. The van der Waals surface area contributed by atoms with E-state index in [1.54, 1.807) is 0 Å². The van der Waals surface area contributed by atoms with Crippen LogP contribution in [0.25, 0.3) is 0 Å². The Morgan fingerprint density at radius 2 is 1.32 bits per heavy atom. The molecule has 340 valence electrons. The number of rotatable bonds is 20. The second-order valence-corrected chi connectivity index (χ2v) is 15.8. The van der Waals surface area contributed by atoms with Crippen LogP contribution >= 0.6 is 31.9 Å². The molecular formula is C36H46B2Br2F2N4O16. The summed E-state index contributed by atoms with van der Waals surface area (Å²) in [5.74, 6) is -8.73. The third-order valence-electron chi connectivity index (χ3n) is 7.71. The van der Waals surface area contributed by atoms with Crippen molar-refractivity contribution in [2.75, 3.05) is 13.1 Å². The Morgan fingerprint density at radius 3 is 1.74 bits per heavy atom. The fourth-order valence-electron chi connectivity index (χ4n) is 5.04. The van der Waals surface area contributed by atoms with Crippen LogP contribution in [0.3, 0.4) is 0 Å². The third kappa shape index (κ3) is 21.7. The first-order chi connectivity index (χ1) is 28.9. The molecule has 1 aliphatic heterocycles. The van der Waals surface area contributed by atoms with Crippen molar-refractivity contribution in [3.05, 3.63) is 68.1 Å². The molecule has 0 bridgehead atoms. The summed E-state index contributed by atoms with van der Waals surface area (Å²) in [5, 5.41) is 53.3. The largest absolute Gasteiger partial charge is 0.552 e. The van der Waals surface area contributed by atoms with Crippen LogP contribution in [0, 0.1) is 23.5 Å². The summed E-state index contributed by atoms with van der Waals surface area (Å²) < 4.78 is 42.7. The highest BCUT2D eigenvalue weighted by molar-refractivity contribution is 9.10. The van der Waals surface area contributed by atoms with Gasteiger partial charge in [0.2, 0.25) is 18.1 Å². The minimum absolute atomic E-state index is 0.00634. The molecule has 0 aromatic heterocycles. The van der Waals surface area contributed by atoms with Gasteiger partial charge in [-0.05, 0) is 61.1 Å². The van der Waals surface area contributed by atoms with E-state index in [1.807, 2.05) is 27.7 Å². The molecule has 62 heavy (non-hydrogen) atoms. The standard InChI is InChI=1S/C18H21BBrFN2O7.C14H19BBrFN2O4.C4H6O5/c1-9(2)5-14(19-29-13(7-16(25)26)18(28)30-19)23-15(24)8-22-17(27)11-6-10(20)3-4-12(11)21;1-8(2)5-12(15(22)23)19-13(20)7-18-14(21)10-6-9(16)3-4-11(10)17;5-2-9-4(8)1-3(6)7/h3-4,6,9,13-14H,5,7-8H2,1-2H3,(H,22,27)(H,23,24)(H,25,26);3-4,6,8,12,22-23H,5,7H2,1-2H3,(H,18,21)(H,19,20);2,4,8H,1H2,(H,6,7)/t13-,14+;12-;4-/m101/s1. The monoisotopic (exact) mass is 1010 g/mol. The van der Waals surface area contributed by atoms with Crippen molar-refractivity contribution in [3.63, 3.8) is 0 Å². The van der Waals surface area contributed by atoms with E-state index in [2.05, 4.69) is 57.9 Å². The van der Waals surface area contributed by atoms with E-state index < -0.39 is 118 Å². The molecule has 2 aromatic rings. The molecule has 0 saturated carbocycles. The van der Waals surface area contributed by atoms with Crippen LogP contribution in [-0.4, -0.2) is 125 Å². The number of carboxylic acids is 2. The first-order valence-corrected chi connectivity index (χ1v) is 20.0. The fourth-order valence-corrected chi connectivity index (χ4v) is 5.77. The zero-order chi connectivity index (χ0) is 47.3. The molecule has 0 aliphatic carbocycles. The zero-order valence-electron chi connectivity index (χ0n) is 33.6. The minimum atomic E-state index is -1.69. The van der Waals surface area contributed by atoms with E-state index in [1.165, 1.54) is 24.3 Å². The van der Waals surface area contributed by atoms with Gasteiger partial charge in [-0.25, -0.2) is 8.78 Å². The summed E-state index contributed by atoms with van der Waals surface area (Å²) in [4.78, 5) is 89.8. The van der Waals surface area contributed by atoms with E-state index in [0.29, 0.717) is 21.8 Å². The van der Waals surface area contributed by atoms with E-state index in [0.717, 1.165) is 12.1 Å². The maximum absolute atomic E-state index is 13.8. The Morgan fingerprint density at radius 1 is 0.839 bits per heavy atom. The molecule has 20 nitrogen and oxygen atoms in total. The average Bonchev–Trinajstić information content (AvgIpc) is 3.52. The Bertz CT molecular complexity index is 1880. The van der Waals surface area contributed by atoms with Gasteiger partial charge < -0.3 is 60.7 Å². The number of nitrogens with one attached hydrogen (secondary N) is 4. The van der Waals surface area contributed by atoms with Crippen LogP contribution in [0.4, 0.5) is 8.78 Å². The first kappa shape index (κ1) is 55.0. The molecule has 0 radical (unpaired) electrons. The number of amides is 4. The lowest BCUT2D eigenvalue weighted by Crippen LogP contribution is -2.50. The minimum Gasteiger partial charge on any atom is -0.506 e. The summed E-state index contributed by atoms with van der Waals surface area (Å²) in [5.41, 5.74) is -0.409. The van der Waals surface area contributed by atoms with Gasteiger partial charge in [0.15, 0.2) is 6.10 Å². The normalized spacial score (nSPS) is 14.4. The Balaban J connectivity index is 0.000000530. The van der Waals surface area contributed by atoms with Crippen molar-refractivity contribution in [1.82, 2.24) is 21.3 Å². The second kappa shape index (κ2) is 27.8. The van der Waals surface area contributed by atoms with Gasteiger partial charge in [0, 0.05) is 8.95 Å². The summed E-state index contributed by atoms with van der Waals surface area (Å²) in [6.07, 6.45) is -3.17. The zero-order valence-corrected chi connectivity index (χ0v) is 36.8. The predicted molar refractivity (Wildman–Crippen MR) is 220 cm³/mol. The maximum Gasteiger partial charge on any atom is 0.552 e. The van der Waals surface area contributed by atoms with Crippen LogP contribution in [0.5, 0.6) is 0 Å². The quantitative estimate of drug-likeness (QED) is 0.0510. The Kier molecular flexibility index (Phi) is 24.7. The molecule has 0 unspecified atom stereocenters. The van der Waals surface area contributed by atoms with Crippen LogP contribution in [0.1, 0.15) is 74.1 Å². The second-order valence-electron chi connectivity index (χ2n) is 13.9. The van der Waals surface area contributed by atoms with Gasteiger partial charge in [-0.1, -0.05) is 59.6 Å². The molecule has 4 amide bonds. The predicted octanol–water partition coefficient (Wildman–Crippen LogP) is 1.11. The molecule has 26 heteroatoms. The number of aliphatic carboxylic acids is 2. The first-order valence-electron chi connectivity index (χ1n) is 18.4. The van der Waals surface area contributed by atoms with Gasteiger partial charge in [0.1, 0.15) is 18.1 Å². The molecule has 2 aromatic carbocycles. The number of hydrogen-bond donors (Lipinski definition) is 9. The van der Waals surface area contributed by atoms with E-state index >= 15 is 0 Å². The molecule has 1 heterocycles. The van der Waals surface area contributed by atoms with Gasteiger partial charge in [-0.2, -0.15) is 0 Å². The van der Waals surface area contributed by atoms with Crippen molar-refractivity contribution in [3.8, 4) is 0 Å². The van der Waals surface area contributed by atoms with E-state index in [4.69, 9.17) is 24.6 Å². The van der Waals surface area contributed by atoms with Crippen LogP contribution in [0.2, 0.25) is 0 Å². The molecule has 9 N–H and O–H groups in total. The lowest BCUT2D eigenvalue weighted by molar-refractivity contribution is -0.160. The number of aliphatic hydroxyl groups is 1.